The summed E-state index contributed by atoms with van der Waals surface area (Å²) in [7, 11) is 2.16. The Morgan fingerprint density at radius 3 is 3.07 bits per heavy atom. The fourth-order valence-corrected chi connectivity index (χ4v) is 2.18. The van der Waals surface area contributed by atoms with Crippen LogP contribution in [0.5, 0.6) is 0 Å². The number of aromatic nitrogens is 2. The normalized spacial score (nSPS) is 23.2. The van der Waals surface area contributed by atoms with E-state index in [9.17, 15) is 0 Å². The molecule has 0 aliphatic carbocycles. The molecule has 0 aromatic carbocycles. The van der Waals surface area contributed by atoms with Gasteiger partial charge in [0.15, 0.2) is 0 Å². The minimum absolute atomic E-state index is 0.502. The van der Waals surface area contributed by atoms with Crippen LogP contribution in [0, 0.1) is 0 Å². The van der Waals surface area contributed by atoms with Gasteiger partial charge in [0.25, 0.3) is 0 Å². The first kappa shape index (κ1) is 8.44. The van der Waals surface area contributed by atoms with E-state index >= 15 is 0 Å². The lowest BCUT2D eigenvalue weighted by molar-refractivity contribution is -0.0301. The van der Waals surface area contributed by atoms with Crippen LogP contribution in [-0.4, -0.2) is 41.5 Å². The fraction of sp³-hybridized carbons (Fsp3) is 0.700. The highest BCUT2D eigenvalue weighted by atomic mass is 16.5. The van der Waals surface area contributed by atoms with Crippen molar-refractivity contribution in [3.63, 3.8) is 0 Å². The smallest absolute Gasteiger partial charge is 0.0988 e. The van der Waals surface area contributed by atoms with Gasteiger partial charge in [-0.25, -0.2) is 0 Å². The van der Waals surface area contributed by atoms with Gasteiger partial charge in [0.2, 0.25) is 0 Å². The van der Waals surface area contributed by atoms with Gasteiger partial charge in [0.1, 0.15) is 0 Å². The molecular formula is C10H15N3O. The maximum Gasteiger partial charge on any atom is 0.0988 e. The van der Waals surface area contributed by atoms with Crippen LogP contribution in [0.25, 0.3) is 0 Å². The lowest BCUT2D eigenvalue weighted by Gasteiger charge is -2.30. The van der Waals surface area contributed by atoms with Crippen molar-refractivity contribution >= 4 is 0 Å². The molecule has 0 N–H and O–H groups in total. The number of fused-ring (bicyclic) bond motifs is 1. The van der Waals surface area contributed by atoms with Crippen molar-refractivity contribution in [3.8, 4) is 0 Å². The Hall–Kier alpha value is -0.870. The third kappa shape index (κ3) is 1.18. The van der Waals surface area contributed by atoms with E-state index in [1.54, 1.807) is 0 Å². The average molecular weight is 193 g/mol. The van der Waals surface area contributed by atoms with Gasteiger partial charge in [-0.15, -0.1) is 0 Å². The predicted molar refractivity (Wildman–Crippen MR) is 52.1 cm³/mol. The lowest BCUT2D eigenvalue weighted by atomic mass is 10.1. The number of ether oxygens (including phenoxy) is 1. The van der Waals surface area contributed by atoms with Crippen molar-refractivity contribution in [2.45, 2.75) is 19.0 Å². The van der Waals surface area contributed by atoms with E-state index in [-0.39, 0.29) is 0 Å². The van der Waals surface area contributed by atoms with E-state index in [0.29, 0.717) is 6.04 Å². The predicted octanol–water partition coefficient (Wildman–Crippen LogP) is 0.442. The van der Waals surface area contributed by atoms with Gasteiger partial charge < -0.3 is 9.64 Å². The first-order valence-corrected chi connectivity index (χ1v) is 5.16. The second-order valence-electron chi connectivity index (χ2n) is 4.24. The van der Waals surface area contributed by atoms with Crippen LogP contribution >= 0.6 is 0 Å². The molecule has 0 radical (unpaired) electrons. The molecule has 0 spiro atoms. The molecule has 4 nitrogen and oxygen atoms in total. The van der Waals surface area contributed by atoms with Crippen LogP contribution in [0.15, 0.2) is 6.20 Å². The molecule has 76 valence electrons. The molecule has 0 atom stereocenters. The summed E-state index contributed by atoms with van der Waals surface area (Å²) >= 11 is 0. The quantitative estimate of drug-likeness (QED) is 0.648. The summed E-state index contributed by atoms with van der Waals surface area (Å²) in [5, 5.41) is 4.46. The minimum Gasteiger partial charge on any atom is -0.377 e. The molecular weight excluding hydrogens is 178 g/mol. The summed E-state index contributed by atoms with van der Waals surface area (Å²) in [4.78, 5) is 2.34. The number of hydrogen-bond donors (Lipinski definition) is 0. The first-order valence-electron chi connectivity index (χ1n) is 5.16. The number of rotatable bonds is 1. The maximum absolute atomic E-state index is 5.20. The molecule has 1 aromatic heterocycles. The summed E-state index contributed by atoms with van der Waals surface area (Å²) in [5.41, 5.74) is 2.82. The Bertz CT molecular complexity index is 343. The summed E-state index contributed by atoms with van der Waals surface area (Å²) in [6.45, 7) is 3.86. The Morgan fingerprint density at radius 1 is 1.50 bits per heavy atom. The van der Waals surface area contributed by atoms with Crippen molar-refractivity contribution in [1.82, 2.24) is 14.7 Å². The van der Waals surface area contributed by atoms with Gasteiger partial charge in [0, 0.05) is 30.8 Å². The third-order valence-electron chi connectivity index (χ3n) is 3.12. The number of likely N-dealkylation sites (N-methyl/N-ethyl adjacent to an activating group) is 1. The Morgan fingerprint density at radius 2 is 2.36 bits per heavy atom. The molecule has 14 heavy (non-hydrogen) atoms. The topological polar surface area (TPSA) is 30.3 Å². The van der Waals surface area contributed by atoms with Crippen LogP contribution in [-0.2, 0) is 17.7 Å². The third-order valence-corrected chi connectivity index (χ3v) is 3.12. The highest BCUT2D eigenvalue weighted by Gasteiger charge is 2.26. The van der Waals surface area contributed by atoms with Crippen molar-refractivity contribution in [2.24, 2.45) is 0 Å². The van der Waals surface area contributed by atoms with Crippen molar-refractivity contribution in [2.75, 3.05) is 26.8 Å². The van der Waals surface area contributed by atoms with E-state index in [1.807, 2.05) is 6.20 Å². The van der Waals surface area contributed by atoms with Gasteiger partial charge in [-0.2, -0.15) is 5.10 Å². The molecule has 0 saturated carbocycles. The number of nitrogens with zero attached hydrogens (tertiary/aromatic N) is 3. The zero-order valence-corrected chi connectivity index (χ0v) is 8.44. The molecule has 0 bridgehead atoms. The largest absolute Gasteiger partial charge is 0.377 e. The second-order valence-corrected chi connectivity index (χ2v) is 4.24. The van der Waals surface area contributed by atoms with E-state index in [0.717, 1.165) is 32.7 Å². The first-order chi connectivity index (χ1) is 6.84. The second kappa shape index (κ2) is 3.07. The minimum atomic E-state index is 0.502. The standard InChI is InChI=1S/C10H15N3O/c1-12-3-2-10-8(5-12)4-11-13(10)9-6-14-7-9/h4,9H,2-3,5-7H2,1H3. The van der Waals surface area contributed by atoms with Gasteiger partial charge in [0.05, 0.1) is 25.5 Å². The monoisotopic (exact) mass is 193 g/mol. The molecule has 1 aromatic rings. The molecule has 2 aliphatic heterocycles. The van der Waals surface area contributed by atoms with E-state index in [2.05, 4.69) is 21.7 Å². The zero-order chi connectivity index (χ0) is 9.54. The molecule has 0 amide bonds. The SMILES string of the molecule is CN1CCc2c(cnn2C2COC2)C1. The average Bonchev–Trinajstić information content (AvgIpc) is 2.45. The fourth-order valence-electron chi connectivity index (χ4n) is 2.18. The van der Waals surface area contributed by atoms with E-state index < -0.39 is 0 Å². The molecule has 0 unspecified atom stereocenters. The van der Waals surface area contributed by atoms with Gasteiger partial charge in [-0.3, -0.25) is 4.68 Å². The van der Waals surface area contributed by atoms with Crippen molar-refractivity contribution in [1.29, 1.82) is 0 Å². The van der Waals surface area contributed by atoms with Gasteiger partial charge in [-0.1, -0.05) is 0 Å². The van der Waals surface area contributed by atoms with Gasteiger partial charge in [-0.05, 0) is 7.05 Å². The highest BCUT2D eigenvalue weighted by molar-refractivity contribution is 5.21. The zero-order valence-electron chi connectivity index (χ0n) is 8.44. The van der Waals surface area contributed by atoms with E-state index in [4.69, 9.17) is 4.74 Å². The van der Waals surface area contributed by atoms with Crippen molar-refractivity contribution < 1.29 is 4.74 Å². The van der Waals surface area contributed by atoms with Gasteiger partial charge >= 0.3 is 0 Å². The van der Waals surface area contributed by atoms with Crippen LogP contribution in [0.4, 0.5) is 0 Å². The van der Waals surface area contributed by atoms with Crippen LogP contribution in [0.3, 0.4) is 0 Å². The lowest BCUT2D eigenvalue weighted by Crippen LogP contribution is -2.34. The Kier molecular flexibility index (Phi) is 1.85. The Labute approximate surface area is 83.5 Å². The highest BCUT2D eigenvalue weighted by Crippen LogP contribution is 2.24. The molecule has 4 heteroatoms. The molecule has 3 rings (SSSR count). The summed E-state index contributed by atoms with van der Waals surface area (Å²) in [5.74, 6) is 0. The van der Waals surface area contributed by atoms with Crippen LogP contribution in [0.1, 0.15) is 17.3 Å². The molecule has 1 fully saturated rings. The molecule has 2 aliphatic rings. The van der Waals surface area contributed by atoms with E-state index in [1.165, 1.54) is 11.3 Å². The maximum atomic E-state index is 5.20. The summed E-state index contributed by atoms with van der Waals surface area (Å²) in [6, 6.07) is 0.502. The summed E-state index contributed by atoms with van der Waals surface area (Å²) in [6.07, 6.45) is 3.14. The van der Waals surface area contributed by atoms with Crippen LogP contribution in [0.2, 0.25) is 0 Å². The van der Waals surface area contributed by atoms with Crippen LogP contribution < -0.4 is 0 Å². The van der Waals surface area contributed by atoms with Crippen molar-refractivity contribution in [3.05, 3.63) is 17.5 Å². The number of hydrogen-bond acceptors (Lipinski definition) is 3. The summed E-state index contributed by atoms with van der Waals surface area (Å²) < 4.78 is 7.37. The molecule has 3 heterocycles. The Balaban J connectivity index is 1.91. The molecule has 1 saturated heterocycles.